The van der Waals surface area contributed by atoms with Gasteiger partial charge in [-0.25, -0.2) is 4.98 Å². The molecule has 0 aliphatic rings. The van der Waals surface area contributed by atoms with Crippen molar-refractivity contribution in [3.05, 3.63) is 39.8 Å². The second-order valence-electron chi connectivity index (χ2n) is 4.02. The van der Waals surface area contributed by atoms with Crippen molar-refractivity contribution in [2.75, 3.05) is 6.61 Å². The highest BCUT2D eigenvalue weighted by Gasteiger charge is 2.11. The van der Waals surface area contributed by atoms with E-state index in [0.29, 0.717) is 23.8 Å². The van der Waals surface area contributed by atoms with E-state index in [1.807, 2.05) is 38.1 Å². The van der Waals surface area contributed by atoms with Gasteiger partial charge in [-0.1, -0.05) is 19.1 Å². The number of para-hydroxylation sites is 2. The van der Waals surface area contributed by atoms with Crippen molar-refractivity contribution in [3.8, 4) is 17.6 Å². The predicted octanol–water partition coefficient (Wildman–Crippen LogP) is 3.55. The normalized spacial score (nSPS) is 10.1. The Balaban J connectivity index is 2.09. The molecule has 0 atom stereocenters. The van der Waals surface area contributed by atoms with Crippen LogP contribution in [-0.4, -0.2) is 11.6 Å². The van der Waals surface area contributed by atoms with Crippen molar-refractivity contribution in [2.24, 2.45) is 0 Å². The number of aromatic nitrogens is 1. The number of hydrogen-bond acceptors (Lipinski definition) is 5. The van der Waals surface area contributed by atoms with Gasteiger partial charge in [0.15, 0.2) is 11.5 Å². The van der Waals surface area contributed by atoms with Gasteiger partial charge in [-0.05, 0) is 25.5 Å². The van der Waals surface area contributed by atoms with Crippen molar-refractivity contribution >= 4 is 11.3 Å². The summed E-state index contributed by atoms with van der Waals surface area (Å²) >= 11 is 1.38. The minimum atomic E-state index is 0.351. The Morgan fingerprint density at radius 2 is 1.90 bits per heavy atom. The summed E-state index contributed by atoms with van der Waals surface area (Å²) in [5.74, 6) is 1.42. The molecule has 0 unspecified atom stereocenters. The van der Waals surface area contributed by atoms with Crippen LogP contribution in [0, 0.1) is 11.3 Å². The zero-order valence-electron chi connectivity index (χ0n) is 11.5. The standard InChI is InChI=1S/C15H16N2O2S/c1-3-11-14(9-16)20-15(17-11)10-19-13-8-6-5-7-12(13)18-4-2/h5-8H,3-4,10H2,1-2H3. The number of ether oxygens (including phenoxy) is 2. The van der Waals surface area contributed by atoms with E-state index in [2.05, 4.69) is 11.1 Å². The molecule has 4 nitrogen and oxygen atoms in total. The van der Waals surface area contributed by atoms with E-state index in [-0.39, 0.29) is 0 Å². The fraction of sp³-hybridized carbons (Fsp3) is 0.333. The summed E-state index contributed by atoms with van der Waals surface area (Å²) in [5, 5.41) is 9.83. The van der Waals surface area contributed by atoms with Crippen molar-refractivity contribution < 1.29 is 9.47 Å². The van der Waals surface area contributed by atoms with Crippen LogP contribution in [0.1, 0.15) is 29.4 Å². The molecule has 0 saturated carbocycles. The van der Waals surface area contributed by atoms with Gasteiger partial charge in [0, 0.05) is 0 Å². The van der Waals surface area contributed by atoms with Crippen LogP contribution in [0.5, 0.6) is 11.5 Å². The highest BCUT2D eigenvalue weighted by molar-refractivity contribution is 7.12. The molecule has 2 aromatic rings. The van der Waals surface area contributed by atoms with Crippen molar-refractivity contribution in [1.82, 2.24) is 4.98 Å². The third-order valence-electron chi connectivity index (χ3n) is 2.68. The number of nitrogens with zero attached hydrogens (tertiary/aromatic N) is 2. The molecule has 1 aromatic heterocycles. The Morgan fingerprint density at radius 1 is 1.20 bits per heavy atom. The fourth-order valence-corrected chi connectivity index (χ4v) is 2.64. The summed E-state index contributed by atoms with van der Waals surface area (Å²) in [6.45, 7) is 4.87. The molecule has 0 fully saturated rings. The fourth-order valence-electron chi connectivity index (χ4n) is 1.77. The van der Waals surface area contributed by atoms with Gasteiger partial charge in [0.25, 0.3) is 0 Å². The second-order valence-corrected chi connectivity index (χ2v) is 5.10. The van der Waals surface area contributed by atoms with Gasteiger partial charge < -0.3 is 9.47 Å². The third kappa shape index (κ3) is 3.28. The zero-order chi connectivity index (χ0) is 14.4. The van der Waals surface area contributed by atoms with Crippen LogP contribution >= 0.6 is 11.3 Å². The molecule has 2 rings (SSSR count). The lowest BCUT2D eigenvalue weighted by molar-refractivity contribution is 0.269. The summed E-state index contributed by atoms with van der Waals surface area (Å²) in [5.41, 5.74) is 0.842. The smallest absolute Gasteiger partial charge is 0.161 e. The Hall–Kier alpha value is -2.06. The molecule has 0 bridgehead atoms. The monoisotopic (exact) mass is 288 g/mol. The van der Waals surface area contributed by atoms with Crippen LogP contribution in [0.15, 0.2) is 24.3 Å². The van der Waals surface area contributed by atoms with E-state index < -0.39 is 0 Å². The molecule has 0 radical (unpaired) electrons. The number of aryl methyl sites for hydroxylation is 1. The molecule has 0 aliphatic heterocycles. The van der Waals surface area contributed by atoms with Gasteiger partial charge in [-0.3, -0.25) is 0 Å². The van der Waals surface area contributed by atoms with Crippen LogP contribution in [0.25, 0.3) is 0 Å². The van der Waals surface area contributed by atoms with E-state index >= 15 is 0 Å². The summed E-state index contributed by atoms with van der Waals surface area (Å²) in [6, 6.07) is 9.72. The summed E-state index contributed by atoms with van der Waals surface area (Å²) in [6.07, 6.45) is 0.759. The van der Waals surface area contributed by atoms with Crippen LogP contribution in [-0.2, 0) is 13.0 Å². The molecule has 0 amide bonds. The molecule has 1 aromatic carbocycles. The van der Waals surface area contributed by atoms with E-state index in [1.165, 1.54) is 11.3 Å². The highest BCUT2D eigenvalue weighted by atomic mass is 32.1. The molecule has 0 saturated heterocycles. The molecular formula is C15H16N2O2S. The van der Waals surface area contributed by atoms with Gasteiger partial charge in [-0.2, -0.15) is 5.26 Å². The Bertz CT molecular complexity index is 617. The van der Waals surface area contributed by atoms with Crippen molar-refractivity contribution in [1.29, 1.82) is 5.26 Å². The predicted molar refractivity (Wildman–Crippen MR) is 78.2 cm³/mol. The first-order valence-electron chi connectivity index (χ1n) is 6.51. The number of nitriles is 1. The lowest BCUT2D eigenvalue weighted by atomic mass is 10.3. The van der Waals surface area contributed by atoms with Gasteiger partial charge in [0.1, 0.15) is 22.6 Å². The molecule has 5 heteroatoms. The topological polar surface area (TPSA) is 55.1 Å². The number of thiazole rings is 1. The molecule has 0 N–H and O–H groups in total. The maximum absolute atomic E-state index is 9.02. The van der Waals surface area contributed by atoms with E-state index in [9.17, 15) is 0 Å². The second kappa shape index (κ2) is 6.92. The number of hydrogen-bond donors (Lipinski definition) is 0. The molecular weight excluding hydrogens is 272 g/mol. The number of benzene rings is 1. The quantitative estimate of drug-likeness (QED) is 0.815. The first-order valence-corrected chi connectivity index (χ1v) is 7.33. The third-order valence-corrected chi connectivity index (χ3v) is 3.65. The van der Waals surface area contributed by atoms with Crippen molar-refractivity contribution in [3.63, 3.8) is 0 Å². The molecule has 0 spiro atoms. The Labute approximate surface area is 122 Å². The van der Waals surface area contributed by atoms with Gasteiger partial charge >= 0.3 is 0 Å². The highest BCUT2D eigenvalue weighted by Crippen LogP contribution is 2.28. The Kier molecular flexibility index (Phi) is 4.97. The summed E-state index contributed by atoms with van der Waals surface area (Å²) < 4.78 is 11.2. The van der Waals surface area contributed by atoms with E-state index in [4.69, 9.17) is 14.7 Å². The van der Waals surface area contributed by atoms with Gasteiger partial charge in [0.05, 0.1) is 12.3 Å². The largest absolute Gasteiger partial charge is 0.490 e. The van der Waals surface area contributed by atoms with Crippen molar-refractivity contribution in [2.45, 2.75) is 26.9 Å². The average molecular weight is 288 g/mol. The van der Waals surface area contributed by atoms with Crippen LogP contribution in [0.2, 0.25) is 0 Å². The molecule has 104 valence electrons. The van der Waals surface area contributed by atoms with E-state index in [0.717, 1.165) is 22.9 Å². The molecule has 0 aliphatic carbocycles. The zero-order valence-corrected chi connectivity index (χ0v) is 12.4. The maximum atomic E-state index is 9.02. The van der Waals surface area contributed by atoms with Crippen LogP contribution < -0.4 is 9.47 Å². The lowest BCUT2D eigenvalue weighted by Gasteiger charge is -2.10. The van der Waals surface area contributed by atoms with Gasteiger partial charge in [-0.15, -0.1) is 11.3 Å². The number of rotatable bonds is 6. The minimum Gasteiger partial charge on any atom is -0.490 e. The summed E-state index contributed by atoms with van der Waals surface area (Å²) in [4.78, 5) is 5.09. The Morgan fingerprint density at radius 3 is 2.45 bits per heavy atom. The lowest BCUT2D eigenvalue weighted by Crippen LogP contribution is -1.99. The SMILES string of the molecule is CCOc1ccccc1OCc1nc(CC)c(C#N)s1. The van der Waals surface area contributed by atoms with Crippen LogP contribution in [0.3, 0.4) is 0 Å². The van der Waals surface area contributed by atoms with Crippen LogP contribution in [0.4, 0.5) is 0 Å². The average Bonchev–Trinajstić information content (AvgIpc) is 2.89. The van der Waals surface area contributed by atoms with Gasteiger partial charge in [0.2, 0.25) is 0 Å². The first-order chi connectivity index (χ1) is 9.78. The van der Waals surface area contributed by atoms with E-state index in [1.54, 1.807) is 0 Å². The summed E-state index contributed by atoms with van der Waals surface area (Å²) in [7, 11) is 0. The minimum absolute atomic E-state index is 0.351. The first kappa shape index (κ1) is 14.4. The molecule has 20 heavy (non-hydrogen) atoms. The molecule has 1 heterocycles. The maximum Gasteiger partial charge on any atom is 0.161 e.